The maximum Gasteiger partial charge on any atom is 0.251 e. The average Bonchev–Trinajstić information content (AvgIpc) is 2.43. The molecule has 1 heterocycles. The van der Waals surface area contributed by atoms with Crippen molar-refractivity contribution in [3.05, 3.63) is 34.9 Å². The second kappa shape index (κ2) is 6.68. The smallest absolute Gasteiger partial charge is 0.251 e. The molecule has 0 aromatic heterocycles. The molecule has 0 radical (unpaired) electrons. The van der Waals surface area contributed by atoms with E-state index in [0.29, 0.717) is 6.54 Å². The van der Waals surface area contributed by atoms with Crippen molar-refractivity contribution in [1.82, 2.24) is 10.2 Å². The predicted molar refractivity (Wildman–Crippen MR) is 75.5 cm³/mol. The van der Waals surface area contributed by atoms with Gasteiger partial charge in [0.05, 0.1) is 13.2 Å². The van der Waals surface area contributed by atoms with Crippen LogP contribution in [0.4, 0.5) is 0 Å². The van der Waals surface area contributed by atoms with E-state index in [2.05, 4.69) is 10.2 Å². The van der Waals surface area contributed by atoms with Gasteiger partial charge in [-0.3, -0.25) is 9.69 Å². The molecule has 1 aliphatic heterocycles. The monoisotopic (exact) mass is 262 g/mol. The Balaban J connectivity index is 1.82. The molecule has 1 aliphatic rings. The van der Waals surface area contributed by atoms with E-state index >= 15 is 0 Å². The maximum absolute atomic E-state index is 12.1. The summed E-state index contributed by atoms with van der Waals surface area (Å²) in [4.78, 5) is 14.4. The van der Waals surface area contributed by atoms with E-state index in [4.69, 9.17) is 4.74 Å². The van der Waals surface area contributed by atoms with Crippen molar-refractivity contribution in [3.63, 3.8) is 0 Å². The topological polar surface area (TPSA) is 41.6 Å². The molecule has 104 valence electrons. The van der Waals surface area contributed by atoms with Gasteiger partial charge in [0.2, 0.25) is 0 Å². The van der Waals surface area contributed by atoms with Gasteiger partial charge in [-0.25, -0.2) is 0 Å². The van der Waals surface area contributed by atoms with Gasteiger partial charge in [-0.2, -0.15) is 0 Å². The Labute approximate surface area is 114 Å². The second-order valence-corrected chi connectivity index (χ2v) is 4.96. The van der Waals surface area contributed by atoms with E-state index in [1.807, 2.05) is 32.0 Å². The minimum Gasteiger partial charge on any atom is -0.379 e. The number of carbonyl (C=O) groups excluding carboxylic acids is 1. The second-order valence-electron chi connectivity index (χ2n) is 4.96. The summed E-state index contributed by atoms with van der Waals surface area (Å²) < 4.78 is 5.30. The van der Waals surface area contributed by atoms with Gasteiger partial charge in [0.15, 0.2) is 0 Å². The van der Waals surface area contributed by atoms with Gasteiger partial charge in [-0.05, 0) is 31.0 Å². The standard InChI is InChI=1S/C15H22N2O2/c1-12-4-3-5-14(13(12)2)15(18)16-6-7-17-8-10-19-11-9-17/h3-5H,6-11H2,1-2H3,(H,16,18). The van der Waals surface area contributed by atoms with Gasteiger partial charge in [0.25, 0.3) is 5.91 Å². The van der Waals surface area contributed by atoms with Gasteiger partial charge < -0.3 is 10.1 Å². The predicted octanol–water partition coefficient (Wildman–Crippen LogP) is 1.37. The molecule has 1 N–H and O–H groups in total. The van der Waals surface area contributed by atoms with Crippen molar-refractivity contribution in [2.24, 2.45) is 0 Å². The highest BCUT2D eigenvalue weighted by atomic mass is 16.5. The highest BCUT2D eigenvalue weighted by molar-refractivity contribution is 5.95. The van der Waals surface area contributed by atoms with Gasteiger partial charge in [-0.15, -0.1) is 0 Å². The molecule has 0 atom stereocenters. The van der Waals surface area contributed by atoms with Crippen LogP contribution in [0.3, 0.4) is 0 Å². The molecule has 0 spiro atoms. The normalized spacial score (nSPS) is 16.3. The number of nitrogens with one attached hydrogen (secondary N) is 1. The summed E-state index contributed by atoms with van der Waals surface area (Å²) in [7, 11) is 0. The number of aryl methyl sites for hydroxylation is 1. The minimum absolute atomic E-state index is 0.0226. The first-order valence-corrected chi connectivity index (χ1v) is 6.83. The molecule has 1 aromatic rings. The van der Waals surface area contributed by atoms with Crippen LogP contribution >= 0.6 is 0 Å². The molecule has 0 saturated carbocycles. The van der Waals surface area contributed by atoms with Crippen molar-refractivity contribution >= 4 is 5.91 Å². The zero-order chi connectivity index (χ0) is 13.7. The number of hydrogen-bond donors (Lipinski definition) is 1. The molecule has 4 nitrogen and oxygen atoms in total. The van der Waals surface area contributed by atoms with Crippen molar-refractivity contribution in [3.8, 4) is 0 Å². The third-order valence-electron chi connectivity index (χ3n) is 3.67. The number of ether oxygens (including phenoxy) is 1. The van der Waals surface area contributed by atoms with Gasteiger partial charge in [0, 0.05) is 31.7 Å². The Hall–Kier alpha value is -1.39. The Bertz CT molecular complexity index is 440. The molecule has 0 unspecified atom stereocenters. The van der Waals surface area contributed by atoms with Crippen LogP contribution in [-0.2, 0) is 4.74 Å². The lowest BCUT2D eigenvalue weighted by Crippen LogP contribution is -2.41. The van der Waals surface area contributed by atoms with Crippen LogP contribution in [0.2, 0.25) is 0 Å². The number of nitrogens with zero attached hydrogens (tertiary/aromatic N) is 1. The molecule has 1 amide bonds. The largest absolute Gasteiger partial charge is 0.379 e. The van der Waals surface area contributed by atoms with Crippen LogP contribution in [0.15, 0.2) is 18.2 Å². The fourth-order valence-electron chi connectivity index (χ4n) is 2.24. The lowest BCUT2D eigenvalue weighted by atomic mass is 10.0. The number of rotatable bonds is 4. The van der Waals surface area contributed by atoms with Gasteiger partial charge >= 0.3 is 0 Å². The Kier molecular flexibility index (Phi) is 4.93. The van der Waals surface area contributed by atoms with Gasteiger partial charge in [-0.1, -0.05) is 12.1 Å². The van der Waals surface area contributed by atoms with E-state index in [1.54, 1.807) is 0 Å². The number of morpholine rings is 1. The lowest BCUT2D eigenvalue weighted by molar-refractivity contribution is 0.0383. The van der Waals surface area contributed by atoms with Crippen molar-refractivity contribution < 1.29 is 9.53 Å². The van der Waals surface area contributed by atoms with Crippen LogP contribution in [-0.4, -0.2) is 50.2 Å². The highest BCUT2D eigenvalue weighted by Crippen LogP contribution is 2.12. The number of hydrogen-bond acceptors (Lipinski definition) is 3. The number of benzene rings is 1. The zero-order valence-electron chi connectivity index (χ0n) is 11.7. The highest BCUT2D eigenvalue weighted by Gasteiger charge is 2.12. The summed E-state index contributed by atoms with van der Waals surface area (Å²) >= 11 is 0. The van der Waals surface area contributed by atoms with E-state index in [9.17, 15) is 4.79 Å². The number of carbonyl (C=O) groups is 1. The minimum atomic E-state index is 0.0226. The molecule has 2 rings (SSSR count). The number of amides is 1. The van der Waals surface area contributed by atoms with Gasteiger partial charge in [0.1, 0.15) is 0 Å². The Morgan fingerprint density at radius 3 is 2.79 bits per heavy atom. The van der Waals surface area contributed by atoms with Crippen LogP contribution in [0.5, 0.6) is 0 Å². The fraction of sp³-hybridized carbons (Fsp3) is 0.533. The third kappa shape index (κ3) is 3.78. The lowest BCUT2D eigenvalue weighted by Gasteiger charge is -2.26. The zero-order valence-corrected chi connectivity index (χ0v) is 11.7. The Morgan fingerprint density at radius 1 is 1.32 bits per heavy atom. The summed E-state index contributed by atoms with van der Waals surface area (Å²) in [5, 5.41) is 2.99. The molecule has 1 saturated heterocycles. The molecule has 1 fully saturated rings. The molecule has 0 bridgehead atoms. The van der Waals surface area contributed by atoms with Crippen LogP contribution in [0, 0.1) is 13.8 Å². The van der Waals surface area contributed by atoms with Crippen molar-refractivity contribution in [2.75, 3.05) is 39.4 Å². The summed E-state index contributed by atoms with van der Waals surface area (Å²) in [6.07, 6.45) is 0. The average molecular weight is 262 g/mol. The first kappa shape index (κ1) is 14.0. The first-order chi connectivity index (χ1) is 9.18. The SMILES string of the molecule is Cc1cccc(C(=O)NCCN2CCOCC2)c1C. The summed E-state index contributed by atoms with van der Waals surface area (Å²) in [6, 6.07) is 5.84. The Morgan fingerprint density at radius 2 is 2.05 bits per heavy atom. The first-order valence-electron chi connectivity index (χ1n) is 6.83. The van der Waals surface area contributed by atoms with E-state index in [1.165, 1.54) is 0 Å². The summed E-state index contributed by atoms with van der Waals surface area (Å²) in [5.41, 5.74) is 2.99. The van der Waals surface area contributed by atoms with E-state index in [0.717, 1.165) is 49.5 Å². The molecular weight excluding hydrogens is 240 g/mol. The van der Waals surface area contributed by atoms with Crippen LogP contribution in [0.1, 0.15) is 21.5 Å². The molecule has 1 aromatic carbocycles. The van der Waals surface area contributed by atoms with Crippen molar-refractivity contribution in [2.45, 2.75) is 13.8 Å². The van der Waals surface area contributed by atoms with Crippen LogP contribution in [0.25, 0.3) is 0 Å². The quantitative estimate of drug-likeness (QED) is 0.891. The maximum atomic E-state index is 12.1. The third-order valence-corrected chi connectivity index (χ3v) is 3.67. The summed E-state index contributed by atoms with van der Waals surface area (Å²) in [6.45, 7) is 9.10. The van der Waals surface area contributed by atoms with E-state index < -0.39 is 0 Å². The molecule has 4 heteroatoms. The molecule has 19 heavy (non-hydrogen) atoms. The summed E-state index contributed by atoms with van der Waals surface area (Å²) in [5.74, 6) is 0.0226. The molecule has 0 aliphatic carbocycles. The fourth-order valence-corrected chi connectivity index (χ4v) is 2.24. The molecular formula is C15H22N2O2. The van der Waals surface area contributed by atoms with Crippen LogP contribution < -0.4 is 5.32 Å². The van der Waals surface area contributed by atoms with E-state index in [-0.39, 0.29) is 5.91 Å². The van der Waals surface area contributed by atoms with Crippen molar-refractivity contribution in [1.29, 1.82) is 0 Å².